The maximum absolute atomic E-state index is 11.3. The molecule has 3 heterocycles. The number of aliphatic carboxylic acids is 1. The summed E-state index contributed by atoms with van der Waals surface area (Å²) in [6.07, 6.45) is 1.27. The number of halogens is 1. The molecular weight excluding hydrogens is 420 g/mol. The second kappa shape index (κ2) is 8.28. The van der Waals surface area contributed by atoms with E-state index in [0.29, 0.717) is 44.2 Å². The predicted octanol–water partition coefficient (Wildman–Crippen LogP) is 3.09. The fourth-order valence-corrected chi connectivity index (χ4v) is 4.38. The Morgan fingerprint density at radius 2 is 1.97 bits per heavy atom. The first kappa shape index (κ1) is 20.0. The topological polar surface area (TPSA) is 86.6 Å². The Hall–Kier alpha value is -2.97. The van der Waals surface area contributed by atoms with E-state index in [1.165, 1.54) is 0 Å². The number of carboxylic acid groups (broad SMARTS) is 1. The van der Waals surface area contributed by atoms with Gasteiger partial charge in [-0.3, -0.25) is 9.80 Å². The summed E-state index contributed by atoms with van der Waals surface area (Å²) in [4.78, 5) is 16.0. The van der Waals surface area contributed by atoms with Crippen LogP contribution in [0.5, 0.6) is 11.5 Å². The number of carboxylic acids is 1. The largest absolute Gasteiger partial charge is 0.481 e. The van der Waals surface area contributed by atoms with Crippen molar-refractivity contribution in [1.29, 1.82) is 0 Å². The second-order valence-corrected chi connectivity index (χ2v) is 8.25. The van der Waals surface area contributed by atoms with E-state index in [-0.39, 0.29) is 12.7 Å². The number of hydrogen-bond acceptors (Lipinski definition) is 7. The summed E-state index contributed by atoms with van der Waals surface area (Å²) in [5, 5.41) is 17.6. The first-order valence-electron chi connectivity index (χ1n) is 10.3. The summed E-state index contributed by atoms with van der Waals surface area (Å²) in [6, 6.07) is 11.7. The van der Waals surface area contributed by atoms with Crippen LogP contribution >= 0.6 is 11.6 Å². The zero-order chi connectivity index (χ0) is 21.4. The lowest BCUT2D eigenvalue weighted by Gasteiger charge is -2.42. The van der Waals surface area contributed by atoms with Gasteiger partial charge in [0.25, 0.3) is 0 Å². The first-order chi connectivity index (χ1) is 15.1. The smallest absolute Gasteiger partial charge is 0.306 e. The maximum atomic E-state index is 11.3. The first-order valence-corrected chi connectivity index (χ1v) is 10.7. The molecule has 0 amide bonds. The third-order valence-corrected chi connectivity index (χ3v) is 6.15. The van der Waals surface area contributed by atoms with Crippen molar-refractivity contribution in [1.82, 2.24) is 10.3 Å². The molecule has 0 aromatic heterocycles. The molecule has 3 aliphatic heterocycles. The minimum absolute atomic E-state index is 0.254. The van der Waals surface area contributed by atoms with Crippen LogP contribution in [0.4, 0.5) is 5.69 Å². The van der Waals surface area contributed by atoms with Crippen LogP contribution in [0.15, 0.2) is 41.4 Å². The highest BCUT2D eigenvalue weighted by molar-refractivity contribution is 6.31. The summed E-state index contributed by atoms with van der Waals surface area (Å²) in [7, 11) is 0. The van der Waals surface area contributed by atoms with Crippen molar-refractivity contribution in [2.45, 2.75) is 19.4 Å². The number of piperidine rings is 1. The third kappa shape index (κ3) is 4.00. The zero-order valence-electron chi connectivity index (χ0n) is 16.9. The van der Waals surface area contributed by atoms with Crippen LogP contribution in [0, 0.1) is 5.92 Å². The summed E-state index contributed by atoms with van der Waals surface area (Å²) in [5.74, 6) is 1.32. The molecule has 1 saturated heterocycles. The molecule has 0 radical (unpaired) electrons. The van der Waals surface area contributed by atoms with Gasteiger partial charge in [0, 0.05) is 30.2 Å². The van der Waals surface area contributed by atoms with Crippen molar-refractivity contribution in [2.75, 3.05) is 31.6 Å². The Labute approximate surface area is 185 Å². The second-order valence-electron chi connectivity index (χ2n) is 7.82. The SMILES string of the molecule is O=C(O)C1CCN(N2CN=C(NCc3ccc4c(c3)OCO4)c3cc(Cl)ccc32)CC1. The van der Waals surface area contributed by atoms with E-state index >= 15 is 0 Å². The normalized spacial score (nSPS) is 18.5. The molecular formula is C22H23ClN4O4. The van der Waals surface area contributed by atoms with E-state index in [2.05, 4.69) is 15.3 Å². The lowest BCUT2D eigenvalue weighted by atomic mass is 9.98. The molecule has 0 bridgehead atoms. The number of amidine groups is 1. The molecule has 8 nitrogen and oxygen atoms in total. The summed E-state index contributed by atoms with van der Waals surface area (Å²) in [6.45, 7) is 2.69. The van der Waals surface area contributed by atoms with E-state index in [1.54, 1.807) is 0 Å². The van der Waals surface area contributed by atoms with Gasteiger partial charge >= 0.3 is 5.97 Å². The van der Waals surface area contributed by atoms with Gasteiger partial charge in [-0.15, -0.1) is 0 Å². The van der Waals surface area contributed by atoms with Crippen molar-refractivity contribution < 1.29 is 19.4 Å². The Kier molecular flexibility index (Phi) is 5.33. The molecule has 9 heteroatoms. The van der Waals surface area contributed by atoms with Gasteiger partial charge in [0.2, 0.25) is 6.79 Å². The maximum Gasteiger partial charge on any atom is 0.306 e. The molecule has 0 atom stereocenters. The van der Waals surface area contributed by atoms with E-state index in [9.17, 15) is 9.90 Å². The highest BCUT2D eigenvalue weighted by atomic mass is 35.5. The molecule has 2 aromatic rings. The molecule has 0 spiro atoms. The lowest BCUT2D eigenvalue weighted by molar-refractivity contribution is -0.143. The van der Waals surface area contributed by atoms with E-state index < -0.39 is 5.97 Å². The van der Waals surface area contributed by atoms with Crippen molar-refractivity contribution in [3.8, 4) is 11.5 Å². The summed E-state index contributed by atoms with van der Waals surface area (Å²) >= 11 is 6.30. The van der Waals surface area contributed by atoms with E-state index in [0.717, 1.165) is 34.1 Å². The Morgan fingerprint density at radius 1 is 1.16 bits per heavy atom. The predicted molar refractivity (Wildman–Crippen MR) is 117 cm³/mol. The summed E-state index contributed by atoms with van der Waals surface area (Å²) < 4.78 is 10.8. The molecule has 3 aliphatic rings. The summed E-state index contributed by atoms with van der Waals surface area (Å²) in [5.41, 5.74) is 3.01. The number of ether oxygens (including phenoxy) is 2. The van der Waals surface area contributed by atoms with Crippen molar-refractivity contribution >= 4 is 29.1 Å². The quantitative estimate of drug-likeness (QED) is 0.752. The number of nitrogens with zero attached hydrogens (tertiary/aromatic N) is 3. The van der Waals surface area contributed by atoms with Gasteiger partial charge in [-0.05, 0) is 48.7 Å². The van der Waals surface area contributed by atoms with E-state index in [1.807, 2.05) is 36.4 Å². The number of hydrazine groups is 1. The molecule has 31 heavy (non-hydrogen) atoms. The number of anilines is 1. The van der Waals surface area contributed by atoms with Crippen LogP contribution in [0.1, 0.15) is 24.0 Å². The number of aliphatic imine (C=N–C) groups is 1. The monoisotopic (exact) mass is 442 g/mol. The number of fused-ring (bicyclic) bond motifs is 2. The fraction of sp³-hybridized carbons (Fsp3) is 0.364. The molecule has 2 N–H and O–H groups in total. The Balaban J connectivity index is 1.32. The standard InChI is InChI=1S/C22H23ClN4O4/c23-16-2-3-18-17(10-16)21(24-11-14-1-4-19-20(9-14)31-13-30-19)25-12-27(18)26-7-5-15(6-8-26)22(28)29/h1-4,9-10,15H,5-8,11-13H2,(H,24,25)(H,28,29). The van der Waals surface area contributed by atoms with Crippen LogP contribution in [0.2, 0.25) is 5.02 Å². The molecule has 162 valence electrons. The minimum atomic E-state index is -0.710. The highest BCUT2D eigenvalue weighted by Gasteiger charge is 2.30. The number of benzene rings is 2. The van der Waals surface area contributed by atoms with Gasteiger partial charge in [0.1, 0.15) is 12.5 Å². The van der Waals surface area contributed by atoms with Gasteiger partial charge in [-0.1, -0.05) is 17.7 Å². The van der Waals surface area contributed by atoms with Crippen molar-refractivity contribution in [3.05, 3.63) is 52.5 Å². The van der Waals surface area contributed by atoms with Crippen LogP contribution in [0.25, 0.3) is 0 Å². The van der Waals surface area contributed by atoms with Crippen molar-refractivity contribution in [2.24, 2.45) is 10.9 Å². The average Bonchev–Trinajstić information content (AvgIpc) is 3.25. The van der Waals surface area contributed by atoms with Crippen LogP contribution < -0.4 is 19.8 Å². The van der Waals surface area contributed by atoms with Crippen LogP contribution in [-0.2, 0) is 11.3 Å². The van der Waals surface area contributed by atoms with Gasteiger partial charge in [-0.2, -0.15) is 0 Å². The Morgan fingerprint density at radius 3 is 2.77 bits per heavy atom. The molecule has 0 aliphatic carbocycles. The minimum Gasteiger partial charge on any atom is -0.481 e. The lowest BCUT2D eigenvalue weighted by Crippen LogP contribution is -2.50. The fourth-order valence-electron chi connectivity index (χ4n) is 4.21. The molecule has 0 saturated carbocycles. The molecule has 0 unspecified atom stereocenters. The van der Waals surface area contributed by atoms with Gasteiger partial charge < -0.3 is 19.9 Å². The van der Waals surface area contributed by atoms with Crippen molar-refractivity contribution in [3.63, 3.8) is 0 Å². The highest BCUT2D eigenvalue weighted by Crippen LogP contribution is 2.33. The molecule has 1 fully saturated rings. The zero-order valence-corrected chi connectivity index (χ0v) is 17.6. The van der Waals surface area contributed by atoms with E-state index in [4.69, 9.17) is 26.1 Å². The number of nitrogens with one attached hydrogen (secondary N) is 1. The van der Waals surface area contributed by atoms with Crippen LogP contribution in [-0.4, -0.2) is 48.5 Å². The van der Waals surface area contributed by atoms with Gasteiger partial charge in [-0.25, -0.2) is 10.0 Å². The van der Waals surface area contributed by atoms with Crippen LogP contribution in [0.3, 0.4) is 0 Å². The molecule has 2 aromatic carbocycles. The average molecular weight is 443 g/mol. The third-order valence-electron chi connectivity index (χ3n) is 5.91. The number of rotatable bonds is 4. The van der Waals surface area contributed by atoms with Gasteiger partial charge in [0.05, 0.1) is 11.6 Å². The van der Waals surface area contributed by atoms with Gasteiger partial charge in [0.15, 0.2) is 11.5 Å². The number of hydrogen-bond donors (Lipinski definition) is 2. The molecule has 5 rings (SSSR count). The number of carbonyl (C=O) groups is 1. The Bertz CT molecular complexity index is 1040.